The Kier molecular flexibility index (Phi) is 5.06. The van der Waals surface area contributed by atoms with Crippen molar-refractivity contribution in [1.29, 1.82) is 0 Å². The van der Waals surface area contributed by atoms with Crippen molar-refractivity contribution in [3.63, 3.8) is 0 Å². The van der Waals surface area contributed by atoms with E-state index in [0.717, 1.165) is 0 Å². The second-order valence-corrected chi connectivity index (χ2v) is 2.37. The van der Waals surface area contributed by atoms with Crippen LogP contribution in [0.1, 0.15) is 0 Å². The van der Waals surface area contributed by atoms with Crippen molar-refractivity contribution >= 4 is 32.2 Å². The normalized spacial score (nSPS) is 6.75. The van der Waals surface area contributed by atoms with Gasteiger partial charge in [-0.05, 0) is 0 Å². The molecule has 0 atom stereocenters. The predicted octanol–water partition coefficient (Wildman–Crippen LogP) is -0.514. The summed E-state index contributed by atoms with van der Waals surface area (Å²) in [4.78, 5) is 0. The standard InChI is InChI=1S/CH3.2Al.O.H/h1H3;;;;/q;;+2;;. The van der Waals surface area contributed by atoms with E-state index in [1.165, 1.54) is 0 Å². The number of hydrogen-bond donors (Lipinski definition) is 0. The van der Waals surface area contributed by atoms with Gasteiger partial charge in [0.25, 0.3) is 0 Å². The summed E-state index contributed by atoms with van der Waals surface area (Å²) >= 11 is 2.10. The molecule has 0 saturated carbocycles. The van der Waals surface area contributed by atoms with Crippen LogP contribution in [0.25, 0.3) is 0 Å². The van der Waals surface area contributed by atoms with Crippen molar-refractivity contribution in [3.8, 4) is 0 Å². The molecule has 0 N–H and O–H groups in total. The van der Waals surface area contributed by atoms with Crippen LogP contribution in [0.15, 0.2) is 0 Å². The third-order valence-electron chi connectivity index (χ3n) is 0.167. The molecule has 0 aliphatic carbocycles. The molecule has 4 heavy (non-hydrogen) atoms. The van der Waals surface area contributed by atoms with Crippen LogP contribution in [0.2, 0.25) is 5.79 Å². The summed E-state index contributed by atoms with van der Waals surface area (Å²) in [6.45, 7) is 0. The van der Waals surface area contributed by atoms with E-state index in [4.69, 9.17) is 0 Å². The average Bonchev–Trinajstić information content (AvgIpc) is 1.37. The van der Waals surface area contributed by atoms with E-state index in [1.54, 1.807) is 0 Å². The first-order valence-electron chi connectivity index (χ1n) is 1.23. The van der Waals surface area contributed by atoms with Gasteiger partial charge < -0.3 is 0 Å². The fourth-order valence-electron chi connectivity index (χ4n) is 0. The van der Waals surface area contributed by atoms with Gasteiger partial charge in [-0.1, -0.05) is 0 Å². The Morgan fingerprint density at radius 1 is 2.00 bits per heavy atom. The summed E-state index contributed by atoms with van der Waals surface area (Å²) in [5.41, 5.74) is 0. The van der Waals surface area contributed by atoms with Gasteiger partial charge >= 0.3 is 40.8 Å². The molecule has 0 aliphatic rings. The van der Waals surface area contributed by atoms with Gasteiger partial charge in [-0.2, -0.15) is 0 Å². The second-order valence-electron chi connectivity index (χ2n) is 0.455. The van der Waals surface area contributed by atoms with Crippen molar-refractivity contribution in [3.05, 3.63) is 0 Å². The van der Waals surface area contributed by atoms with Crippen LogP contribution in [0.5, 0.6) is 0 Å². The van der Waals surface area contributed by atoms with Crippen LogP contribution in [0, 0.1) is 0 Å². The minimum absolute atomic E-state index is 0.113. The van der Waals surface area contributed by atoms with Crippen molar-refractivity contribution in [2.45, 2.75) is 5.79 Å². The molecule has 0 rings (SSSR count). The molecule has 0 unspecified atom stereocenters. The van der Waals surface area contributed by atoms with Crippen molar-refractivity contribution in [1.82, 2.24) is 0 Å². The Labute approximate surface area is 41.1 Å². The molecule has 0 aliphatic heterocycles. The molecule has 3 heteroatoms. The van der Waals surface area contributed by atoms with Crippen LogP contribution in [-0.2, 0) is 2.84 Å². The molecule has 0 aromatic carbocycles. The zero-order valence-corrected chi connectivity index (χ0v) is 5.26. The van der Waals surface area contributed by atoms with Crippen molar-refractivity contribution in [2.24, 2.45) is 0 Å². The molecular formula is CH4Al2O+2. The molecule has 1 nitrogen and oxygen atoms in total. The Bertz CT molecular complexity index is 8.00. The molecule has 0 amide bonds. The Morgan fingerprint density at radius 3 is 2.25 bits per heavy atom. The molecule has 0 heterocycles. The van der Waals surface area contributed by atoms with Crippen LogP contribution in [0.4, 0.5) is 0 Å². The summed E-state index contributed by atoms with van der Waals surface area (Å²) in [6, 6.07) is 0. The number of hydrogen-bond acceptors (Lipinski definition) is 1. The van der Waals surface area contributed by atoms with E-state index in [2.05, 4.69) is 25.2 Å². The molecule has 18 valence electrons. The first kappa shape index (κ1) is 5.02. The summed E-state index contributed by atoms with van der Waals surface area (Å²) in [5.74, 6) is 2.08. The van der Waals surface area contributed by atoms with Gasteiger partial charge in [0, 0.05) is 0 Å². The summed E-state index contributed by atoms with van der Waals surface area (Å²) in [6.07, 6.45) is 0. The molecule has 0 radical (unpaired) electrons. The first-order chi connectivity index (χ1) is 1.91. The third-order valence-corrected chi connectivity index (χ3v) is 1.50. The fourth-order valence-corrected chi connectivity index (χ4v) is 0. The molecule has 0 saturated heterocycles. The maximum absolute atomic E-state index is 4.60. The Hall–Kier alpha value is 1.02. The summed E-state index contributed by atoms with van der Waals surface area (Å²) < 4.78 is 4.60. The van der Waals surface area contributed by atoms with Crippen molar-refractivity contribution in [2.75, 3.05) is 0 Å². The van der Waals surface area contributed by atoms with Crippen LogP contribution >= 0.6 is 0 Å². The fraction of sp³-hybridized carbons (Fsp3) is 1.00. The topological polar surface area (TPSA) is 9.23 Å². The maximum atomic E-state index is 4.60. The van der Waals surface area contributed by atoms with E-state index in [9.17, 15) is 0 Å². The van der Waals surface area contributed by atoms with E-state index in [1.807, 2.05) is 0 Å². The van der Waals surface area contributed by atoms with Gasteiger partial charge in [-0.3, -0.25) is 0 Å². The zero-order chi connectivity index (χ0) is 3.41. The van der Waals surface area contributed by atoms with Gasteiger partial charge in [0.15, 0.2) is 0 Å². The van der Waals surface area contributed by atoms with Gasteiger partial charge in [0.05, 0.1) is 0 Å². The molecule has 0 bridgehead atoms. The van der Waals surface area contributed by atoms with E-state index in [0.29, 0.717) is 0 Å². The van der Waals surface area contributed by atoms with E-state index in [-0.39, 0.29) is 15.6 Å². The SMILES string of the molecule is [CH3][AlH][O][Al+2]. The van der Waals surface area contributed by atoms with Crippen LogP contribution in [-0.4, -0.2) is 32.2 Å². The monoisotopic (exact) mass is 86.0 g/mol. The Morgan fingerprint density at radius 2 is 2.25 bits per heavy atom. The zero-order valence-electron chi connectivity index (χ0n) is 2.69. The first-order valence-corrected chi connectivity index (χ1v) is 3.69. The minimum atomic E-state index is -0.113. The van der Waals surface area contributed by atoms with Crippen LogP contribution < -0.4 is 0 Å². The summed E-state index contributed by atoms with van der Waals surface area (Å²) in [7, 11) is 0. The van der Waals surface area contributed by atoms with Gasteiger partial charge in [-0.25, -0.2) is 0 Å². The van der Waals surface area contributed by atoms with Crippen LogP contribution in [0.3, 0.4) is 0 Å². The van der Waals surface area contributed by atoms with E-state index >= 15 is 0 Å². The van der Waals surface area contributed by atoms with E-state index < -0.39 is 0 Å². The Balaban J connectivity index is 1.97. The van der Waals surface area contributed by atoms with Gasteiger partial charge in [0.2, 0.25) is 0 Å². The molecule has 0 fully saturated rings. The average molecular weight is 86.0 g/mol. The number of rotatable bonds is 1. The van der Waals surface area contributed by atoms with Crippen molar-refractivity contribution < 1.29 is 2.84 Å². The molecular weight excluding hydrogens is 82.0 g/mol. The molecule has 0 aromatic heterocycles. The van der Waals surface area contributed by atoms with Gasteiger partial charge in [0.1, 0.15) is 0 Å². The molecule has 0 aromatic rings. The summed E-state index contributed by atoms with van der Waals surface area (Å²) in [5, 5.41) is 0. The molecule has 0 spiro atoms. The quantitative estimate of drug-likeness (QED) is 0.390. The predicted molar refractivity (Wildman–Crippen MR) is 19.9 cm³/mol. The third kappa shape index (κ3) is 3.02. The van der Waals surface area contributed by atoms with Gasteiger partial charge in [-0.15, -0.1) is 0 Å². The second kappa shape index (κ2) is 4.02.